The molecular weight excluding hydrogens is 540 g/mol. The van der Waals surface area contributed by atoms with Gasteiger partial charge in [-0.1, -0.05) is 45.4 Å². The van der Waals surface area contributed by atoms with E-state index in [9.17, 15) is 9.59 Å². The standard InChI is InChI=1S/C27H25BrN4O3S/c1-16-4-10-20(11-5-16)32-25(34)21-12-17-14-35-27(2,3)13-22(17)30-24(21)31-26(32)36-15-23(33)29-19-8-6-18(28)7-9-19/h4-12H,13-15H2,1-3H3,(H,29,33). The van der Waals surface area contributed by atoms with Crippen molar-refractivity contribution in [3.63, 3.8) is 0 Å². The summed E-state index contributed by atoms with van der Waals surface area (Å²) in [6.45, 7) is 6.44. The van der Waals surface area contributed by atoms with Gasteiger partial charge < -0.3 is 10.1 Å². The molecule has 5 rings (SSSR count). The van der Waals surface area contributed by atoms with Crippen LogP contribution in [-0.4, -0.2) is 31.8 Å². The molecule has 0 saturated carbocycles. The monoisotopic (exact) mass is 564 g/mol. The number of rotatable bonds is 5. The van der Waals surface area contributed by atoms with Crippen LogP contribution >= 0.6 is 27.7 Å². The first-order chi connectivity index (χ1) is 17.2. The Morgan fingerprint density at radius 2 is 1.86 bits per heavy atom. The number of amides is 1. The third-order valence-corrected chi connectivity index (χ3v) is 7.43. The number of pyridine rings is 1. The van der Waals surface area contributed by atoms with E-state index >= 15 is 0 Å². The lowest BCUT2D eigenvalue weighted by Gasteiger charge is -2.31. The van der Waals surface area contributed by atoms with Crippen molar-refractivity contribution in [2.45, 2.75) is 44.6 Å². The van der Waals surface area contributed by atoms with E-state index in [2.05, 4.69) is 21.2 Å². The second-order valence-electron chi connectivity index (χ2n) is 9.40. The van der Waals surface area contributed by atoms with Gasteiger partial charge in [-0.05, 0) is 63.2 Å². The molecule has 0 spiro atoms. The topological polar surface area (TPSA) is 86.1 Å². The predicted molar refractivity (Wildman–Crippen MR) is 146 cm³/mol. The molecule has 1 N–H and O–H groups in total. The third kappa shape index (κ3) is 5.23. The predicted octanol–water partition coefficient (Wildman–Crippen LogP) is 5.43. The number of fused-ring (bicyclic) bond motifs is 2. The largest absolute Gasteiger partial charge is 0.370 e. The number of aryl methyl sites for hydroxylation is 1. The minimum atomic E-state index is -0.326. The number of nitrogens with zero attached hydrogens (tertiary/aromatic N) is 3. The summed E-state index contributed by atoms with van der Waals surface area (Å²) in [5.74, 6) is -0.101. The van der Waals surface area contributed by atoms with Gasteiger partial charge in [0.15, 0.2) is 10.8 Å². The van der Waals surface area contributed by atoms with Crippen molar-refractivity contribution in [1.29, 1.82) is 0 Å². The lowest BCUT2D eigenvalue weighted by Crippen LogP contribution is -2.33. The molecule has 0 aliphatic carbocycles. The number of aromatic nitrogens is 3. The van der Waals surface area contributed by atoms with E-state index in [-0.39, 0.29) is 22.8 Å². The van der Waals surface area contributed by atoms with Crippen molar-refractivity contribution in [2.75, 3.05) is 11.1 Å². The number of benzene rings is 2. The van der Waals surface area contributed by atoms with E-state index in [1.165, 1.54) is 11.8 Å². The van der Waals surface area contributed by atoms with Crippen molar-refractivity contribution < 1.29 is 9.53 Å². The van der Waals surface area contributed by atoms with Crippen LogP contribution in [0.3, 0.4) is 0 Å². The normalized spacial score (nSPS) is 14.4. The van der Waals surface area contributed by atoms with Gasteiger partial charge >= 0.3 is 0 Å². The molecule has 4 aromatic rings. The van der Waals surface area contributed by atoms with Crippen LogP contribution in [0.4, 0.5) is 5.69 Å². The molecule has 7 nitrogen and oxygen atoms in total. The van der Waals surface area contributed by atoms with Gasteiger partial charge in [-0.3, -0.25) is 14.2 Å². The Morgan fingerprint density at radius 3 is 2.58 bits per heavy atom. The lowest BCUT2D eigenvalue weighted by atomic mass is 9.95. The Hall–Kier alpha value is -3.01. The van der Waals surface area contributed by atoms with Crippen molar-refractivity contribution >= 4 is 50.3 Å². The molecule has 2 aromatic heterocycles. The Kier molecular flexibility index (Phi) is 6.72. The Bertz CT molecular complexity index is 1520. The summed E-state index contributed by atoms with van der Waals surface area (Å²) < 4.78 is 8.42. The molecule has 0 fully saturated rings. The molecule has 9 heteroatoms. The van der Waals surface area contributed by atoms with Crippen molar-refractivity contribution in [3.05, 3.63) is 86.2 Å². The summed E-state index contributed by atoms with van der Waals surface area (Å²) in [4.78, 5) is 36.0. The molecule has 1 amide bonds. The molecular formula is C27H25BrN4O3S. The summed E-state index contributed by atoms with van der Waals surface area (Å²) in [5, 5.41) is 3.73. The molecule has 0 radical (unpaired) electrons. The van der Waals surface area contributed by atoms with Crippen LogP contribution in [0.1, 0.15) is 30.7 Å². The fraction of sp³-hybridized carbons (Fsp3) is 0.259. The van der Waals surface area contributed by atoms with Crippen LogP contribution in [0.15, 0.2) is 69.0 Å². The van der Waals surface area contributed by atoms with Crippen LogP contribution in [0.2, 0.25) is 0 Å². The number of hydrogen-bond donors (Lipinski definition) is 1. The summed E-state index contributed by atoms with van der Waals surface area (Å²) in [6.07, 6.45) is 0.638. The zero-order chi connectivity index (χ0) is 25.4. The number of carbonyl (C=O) groups excluding carboxylic acids is 1. The zero-order valence-corrected chi connectivity index (χ0v) is 22.6. The second-order valence-corrected chi connectivity index (χ2v) is 11.3. The molecule has 0 unspecified atom stereocenters. The van der Waals surface area contributed by atoms with Crippen molar-refractivity contribution in [3.8, 4) is 5.69 Å². The lowest BCUT2D eigenvalue weighted by molar-refractivity contribution is -0.113. The van der Waals surface area contributed by atoms with Gasteiger partial charge in [0, 0.05) is 22.1 Å². The summed E-state index contributed by atoms with van der Waals surface area (Å²) in [7, 11) is 0. The average Bonchev–Trinajstić information content (AvgIpc) is 2.83. The van der Waals surface area contributed by atoms with Gasteiger partial charge in [0.2, 0.25) is 5.91 Å². The molecule has 184 valence electrons. The van der Waals surface area contributed by atoms with Crippen molar-refractivity contribution in [1.82, 2.24) is 14.5 Å². The number of hydrogen-bond acceptors (Lipinski definition) is 6. The molecule has 2 aromatic carbocycles. The zero-order valence-electron chi connectivity index (χ0n) is 20.2. The van der Waals surface area contributed by atoms with E-state index in [1.807, 2.05) is 75.4 Å². The maximum Gasteiger partial charge on any atom is 0.268 e. The van der Waals surface area contributed by atoms with Crippen molar-refractivity contribution in [2.24, 2.45) is 0 Å². The molecule has 0 saturated heterocycles. The Balaban J connectivity index is 1.53. The Labute approximate surface area is 221 Å². The van der Waals surface area contributed by atoms with Gasteiger partial charge in [0.05, 0.1) is 34.7 Å². The van der Waals surface area contributed by atoms with E-state index in [0.717, 1.165) is 21.3 Å². The fourth-order valence-electron chi connectivity index (χ4n) is 4.06. The maximum absolute atomic E-state index is 13.7. The minimum absolute atomic E-state index is 0.0890. The maximum atomic E-state index is 13.7. The van der Waals surface area contributed by atoms with Crippen LogP contribution in [0.25, 0.3) is 16.7 Å². The number of nitrogens with one attached hydrogen (secondary N) is 1. The molecule has 36 heavy (non-hydrogen) atoms. The molecule has 0 atom stereocenters. The van der Waals surface area contributed by atoms with Gasteiger partial charge in [0.1, 0.15) is 0 Å². The first-order valence-corrected chi connectivity index (χ1v) is 13.3. The molecule has 3 heterocycles. The van der Waals surface area contributed by atoms with Gasteiger partial charge in [-0.2, -0.15) is 0 Å². The number of thioether (sulfide) groups is 1. The van der Waals surface area contributed by atoms with Crippen LogP contribution in [0, 0.1) is 6.92 Å². The fourth-order valence-corrected chi connectivity index (χ4v) is 5.12. The quantitative estimate of drug-likeness (QED) is 0.257. The highest BCUT2D eigenvalue weighted by atomic mass is 79.9. The minimum Gasteiger partial charge on any atom is -0.370 e. The number of halogens is 1. The van der Waals surface area contributed by atoms with Gasteiger partial charge in [0.25, 0.3) is 5.56 Å². The van der Waals surface area contributed by atoms with E-state index in [1.54, 1.807) is 4.57 Å². The van der Waals surface area contributed by atoms with Crippen LogP contribution in [0.5, 0.6) is 0 Å². The Morgan fingerprint density at radius 1 is 1.14 bits per heavy atom. The average molecular weight is 565 g/mol. The highest BCUT2D eigenvalue weighted by Crippen LogP contribution is 2.29. The molecule has 1 aliphatic heterocycles. The smallest absolute Gasteiger partial charge is 0.268 e. The number of ether oxygens (including phenoxy) is 1. The summed E-state index contributed by atoms with van der Waals surface area (Å²) >= 11 is 4.60. The first kappa shape index (κ1) is 24.7. The summed E-state index contributed by atoms with van der Waals surface area (Å²) in [6, 6.07) is 16.9. The van der Waals surface area contributed by atoms with Crippen LogP contribution < -0.4 is 10.9 Å². The van der Waals surface area contributed by atoms with Gasteiger partial charge in [-0.15, -0.1) is 0 Å². The van der Waals surface area contributed by atoms with Crippen LogP contribution in [-0.2, 0) is 22.6 Å². The number of carbonyl (C=O) groups is 1. The number of anilines is 1. The first-order valence-electron chi connectivity index (χ1n) is 11.5. The van der Waals surface area contributed by atoms with E-state index in [0.29, 0.717) is 40.6 Å². The second kappa shape index (κ2) is 9.80. The SMILES string of the molecule is Cc1ccc(-n2c(SCC(=O)Nc3ccc(Br)cc3)nc3nc4c(cc3c2=O)COC(C)(C)C4)cc1. The third-order valence-electron chi connectivity index (χ3n) is 5.96. The highest BCUT2D eigenvalue weighted by Gasteiger charge is 2.28. The van der Waals surface area contributed by atoms with E-state index in [4.69, 9.17) is 14.7 Å². The molecule has 1 aliphatic rings. The van der Waals surface area contributed by atoms with E-state index < -0.39 is 0 Å². The molecule has 0 bridgehead atoms. The van der Waals surface area contributed by atoms with Gasteiger partial charge in [-0.25, -0.2) is 9.97 Å². The highest BCUT2D eigenvalue weighted by molar-refractivity contribution is 9.10. The summed E-state index contributed by atoms with van der Waals surface area (Å²) in [5.41, 5.74) is 4.10.